The molecule has 1 aliphatic heterocycles. The lowest BCUT2D eigenvalue weighted by atomic mass is 9.94. The van der Waals surface area contributed by atoms with Gasteiger partial charge in [0.05, 0.1) is 11.8 Å². The van der Waals surface area contributed by atoms with Crippen LogP contribution >= 0.6 is 0 Å². The van der Waals surface area contributed by atoms with Crippen molar-refractivity contribution in [1.82, 2.24) is 0 Å². The van der Waals surface area contributed by atoms with Gasteiger partial charge in [0.1, 0.15) is 0 Å². The SMILES string of the molecule is CO[C@]1(c2ccccc2)OC=C(c2ccccc2)C1=O. The lowest BCUT2D eigenvalue weighted by molar-refractivity contribution is -0.190. The minimum absolute atomic E-state index is 0.183. The van der Waals surface area contributed by atoms with Gasteiger partial charge in [-0.25, -0.2) is 0 Å². The molecule has 0 amide bonds. The van der Waals surface area contributed by atoms with Crippen LogP contribution in [0.15, 0.2) is 66.9 Å². The van der Waals surface area contributed by atoms with E-state index in [9.17, 15) is 4.79 Å². The summed E-state index contributed by atoms with van der Waals surface area (Å²) < 4.78 is 11.0. The molecule has 0 N–H and O–H groups in total. The van der Waals surface area contributed by atoms with Gasteiger partial charge in [0.15, 0.2) is 0 Å². The van der Waals surface area contributed by atoms with Crippen LogP contribution in [0.5, 0.6) is 0 Å². The molecule has 1 atom stereocenters. The third kappa shape index (κ3) is 1.84. The summed E-state index contributed by atoms with van der Waals surface area (Å²) in [5.41, 5.74) is 2.04. The number of ether oxygens (including phenoxy) is 2. The summed E-state index contributed by atoms with van der Waals surface area (Å²) in [6.45, 7) is 0. The predicted octanol–water partition coefficient (Wildman–Crippen LogP) is 3.13. The smallest absolute Gasteiger partial charge is 0.301 e. The van der Waals surface area contributed by atoms with Gasteiger partial charge in [0.2, 0.25) is 5.78 Å². The summed E-state index contributed by atoms with van der Waals surface area (Å²) in [6, 6.07) is 18.7. The molecule has 3 heteroatoms. The van der Waals surface area contributed by atoms with E-state index >= 15 is 0 Å². The van der Waals surface area contributed by atoms with E-state index in [1.54, 1.807) is 0 Å². The monoisotopic (exact) mass is 266 g/mol. The number of rotatable bonds is 3. The Morgan fingerprint density at radius 1 is 0.950 bits per heavy atom. The molecule has 0 aliphatic carbocycles. The lowest BCUT2D eigenvalue weighted by Gasteiger charge is -2.25. The average Bonchev–Trinajstić information content (AvgIpc) is 2.87. The fourth-order valence-corrected chi connectivity index (χ4v) is 2.36. The van der Waals surface area contributed by atoms with E-state index in [0.29, 0.717) is 11.1 Å². The predicted molar refractivity (Wildman–Crippen MR) is 75.6 cm³/mol. The van der Waals surface area contributed by atoms with Gasteiger partial charge in [-0.15, -0.1) is 0 Å². The molecule has 0 saturated heterocycles. The zero-order valence-corrected chi connectivity index (χ0v) is 11.1. The molecular weight excluding hydrogens is 252 g/mol. The number of hydrogen-bond donors (Lipinski definition) is 0. The number of benzene rings is 2. The van der Waals surface area contributed by atoms with Gasteiger partial charge in [-0.3, -0.25) is 4.79 Å². The Morgan fingerprint density at radius 2 is 1.55 bits per heavy atom. The van der Waals surface area contributed by atoms with Crippen molar-refractivity contribution in [3.8, 4) is 0 Å². The van der Waals surface area contributed by atoms with Crippen LogP contribution in [-0.2, 0) is 20.1 Å². The Kier molecular flexibility index (Phi) is 3.12. The number of ketones is 1. The van der Waals surface area contributed by atoms with E-state index in [2.05, 4.69) is 0 Å². The van der Waals surface area contributed by atoms with Crippen LogP contribution in [-0.4, -0.2) is 12.9 Å². The zero-order valence-electron chi connectivity index (χ0n) is 11.1. The van der Waals surface area contributed by atoms with Crippen molar-refractivity contribution < 1.29 is 14.3 Å². The molecule has 3 rings (SSSR count). The molecule has 0 saturated carbocycles. The van der Waals surface area contributed by atoms with Gasteiger partial charge >= 0.3 is 5.79 Å². The maximum absolute atomic E-state index is 12.7. The Morgan fingerprint density at radius 3 is 2.15 bits per heavy atom. The first-order valence-electron chi connectivity index (χ1n) is 6.37. The zero-order chi connectivity index (χ0) is 14.0. The molecule has 1 heterocycles. The van der Waals surface area contributed by atoms with Crippen molar-refractivity contribution in [2.45, 2.75) is 5.79 Å². The van der Waals surface area contributed by atoms with Gasteiger partial charge in [-0.05, 0) is 5.56 Å². The van der Waals surface area contributed by atoms with Crippen LogP contribution < -0.4 is 0 Å². The van der Waals surface area contributed by atoms with E-state index in [-0.39, 0.29) is 5.78 Å². The second-order valence-electron chi connectivity index (χ2n) is 4.53. The molecule has 0 bridgehead atoms. The van der Waals surface area contributed by atoms with E-state index in [4.69, 9.17) is 9.47 Å². The first-order chi connectivity index (χ1) is 9.78. The van der Waals surface area contributed by atoms with E-state index in [1.165, 1.54) is 13.4 Å². The topological polar surface area (TPSA) is 35.5 Å². The quantitative estimate of drug-likeness (QED) is 0.856. The van der Waals surface area contributed by atoms with Crippen molar-refractivity contribution in [2.75, 3.05) is 7.11 Å². The third-order valence-electron chi connectivity index (χ3n) is 3.41. The van der Waals surface area contributed by atoms with Crippen LogP contribution in [0.1, 0.15) is 11.1 Å². The highest BCUT2D eigenvalue weighted by atomic mass is 16.7. The summed E-state index contributed by atoms with van der Waals surface area (Å²) in [5, 5.41) is 0. The van der Waals surface area contributed by atoms with Crippen LogP contribution in [0, 0.1) is 0 Å². The average molecular weight is 266 g/mol. The molecule has 20 heavy (non-hydrogen) atoms. The standard InChI is InChI=1S/C17H14O3/c1-19-17(14-10-6-3-7-11-14)16(18)15(12-20-17)13-8-4-2-5-9-13/h2-12H,1H3/t17-/m1/s1. The second-order valence-corrected chi connectivity index (χ2v) is 4.53. The van der Waals surface area contributed by atoms with Crippen molar-refractivity contribution >= 4 is 11.4 Å². The first kappa shape index (κ1) is 12.6. The fraction of sp³-hybridized carbons (Fsp3) is 0.118. The number of carbonyl (C=O) groups is 1. The highest BCUT2D eigenvalue weighted by Crippen LogP contribution is 2.39. The van der Waals surface area contributed by atoms with Gasteiger partial charge in [-0.1, -0.05) is 60.7 Å². The summed E-state index contributed by atoms with van der Waals surface area (Å²) >= 11 is 0. The largest absolute Gasteiger partial charge is 0.458 e. The summed E-state index contributed by atoms with van der Waals surface area (Å²) in [4.78, 5) is 12.7. The lowest BCUT2D eigenvalue weighted by Crippen LogP contribution is -2.36. The second kappa shape index (κ2) is 4.94. The van der Waals surface area contributed by atoms with Crippen molar-refractivity contribution in [3.63, 3.8) is 0 Å². The number of Topliss-reactive ketones (excluding diaryl/α,β-unsaturated/α-hetero) is 1. The summed E-state index contributed by atoms with van der Waals surface area (Å²) in [7, 11) is 1.48. The highest BCUT2D eigenvalue weighted by Gasteiger charge is 2.48. The van der Waals surface area contributed by atoms with Crippen LogP contribution in [0.3, 0.4) is 0 Å². The molecule has 100 valence electrons. The Labute approximate surface area is 117 Å². The Bertz CT molecular complexity index is 646. The molecule has 1 aliphatic rings. The van der Waals surface area contributed by atoms with E-state index in [0.717, 1.165) is 5.56 Å². The van der Waals surface area contributed by atoms with Crippen LogP contribution in [0.4, 0.5) is 0 Å². The molecule has 3 nitrogen and oxygen atoms in total. The van der Waals surface area contributed by atoms with Gasteiger partial charge < -0.3 is 9.47 Å². The van der Waals surface area contributed by atoms with E-state index in [1.807, 2.05) is 60.7 Å². The maximum Gasteiger partial charge on any atom is 0.301 e. The fourth-order valence-electron chi connectivity index (χ4n) is 2.36. The molecule has 0 unspecified atom stereocenters. The highest BCUT2D eigenvalue weighted by molar-refractivity contribution is 6.25. The summed E-state index contributed by atoms with van der Waals surface area (Å²) in [6.07, 6.45) is 1.48. The van der Waals surface area contributed by atoms with Gasteiger partial charge in [-0.2, -0.15) is 0 Å². The third-order valence-corrected chi connectivity index (χ3v) is 3.41. The minimum Gasteiger partial charge on any atom is -0.458 e. The number of methoxy groups -OCH3 is 1. The first-order valence-corrected chi connectivity index (χ1v) is 6.37. The summed E-state index contributed by atoms with van der Waals surface area (Å²) in [5.74, 6) is -1.55. The molecule has 2 aromatic carbocycles. The Hall–Kier alpha value is -2.39. The van der Waals surface area contributed by atoms with Crippen LogP contribution in [0.2, 0.25) is 0 Å². The van der Waals surface area contributed by atoms with Crippen LogP contribution in [0.25, 0.3) is 5.57 Å². The van der Waals surface area contributed by atoms with Crippen molar-refractivity contribution in [2.24, 2.45) is 0 Å². The van der Waals surface area contributed by atoms with Gasteiger partial charge in [0.25, 0.3) is 0 Å². The molecule has 0 fully saturated rings. The number of hydrogen-bond acceptors (Lipinski definition) is 3. The molecule has 0 aromatic heterocycles. The molecule has 0 spiro atoms. The molecule has 2 aromatic rings. The van der Waals surface area contributed by atoms with Gasteiger partial charge in [0, 0.05) is 12.7 Å². The normalized spacial score (nSPS) is 21.4. The Balaban J connectivity index is 2.01. The van der Waals surface area contributed by atoms with Crippen molar-refractivity contribution in [3.05, 3.63) is 78.1 Å². The number of carbonyl (C=O) groups excluding carboxylic acids is 1. The maximum atomic E-state index is 12.7. The van der Waals surface area contributed by atoms with E-state index < -0.39 is 5.79 Å². The molecular formula is C17H14O3. The van der Waals surface area contributed by atoms with Crippen molar-refractivity contribution in [1.29, 1.82) is 0 Å². The minimum atomic E-state index is -1.37. The molecule has 0 radical (unpaired) electrons.